The highest BCUT2D eigenvalue weighted by atomic mass is 32.2. The Morgan fingerprint density at radius 1 is 1.17 bits per heavy atom. The van der Waals surface area contributed by atoms with Crippen molar-refractivity contribution in [1.82, 2.24) is 4.90 Å². The summed E-state index contributed by atoms with van der Waals surface area (Å²) in [4.78, 5) is 6.60. The first-order chi connectivity index (χ1) is 10.9. The Balaban J connectivity index is 1.67. The Morgan fingerprint density at radius 3 is 2.30 bits per heavy atom. The van der Waals surface area contributed by atoms with E-state index in [9.17, 15) is 13.2 Å². The van der Waals surface area contributed by atoms with E-state index in [1.807, 2.05) is 11.8 Å². The first-order valence-corrected chi connectivity index (χ1v) is 8.87. The highest BCUT2D eigenvalue weighted by molar-refractivity contribution is 7.99. The van der Waals surface area contributed by atoms with Crippen molar-refractivity contribution in [3.05, 3.63) is 35.4 Å². The smallest absolute Gasteiger partial charge is 0.370 e. The second-order valence-corrected chi connectivity index (χ2v) is 7.35. The summed E-state index contributed by atoms with van der Waals surface area (Å²) in [6.45, 7) is 2.37. The zero-order chi connectivity index (χ0) is 16.5. The van der Waals surface area contributed by atoms with Gasteiger partial charge in [0, 0.05) is 30.0 Å². The van der Waals surface area contributed by atoms with Gasteiger partial charge in [-0.25, -0.2) is 0 Å². The fourth-order valence-electron chi connectivity index (χ4n) is 2.83. The van der Waals surface area contributed by atoms with E-state index in [0.29, 0.717) is 12.5 Å². The van der Waals surface area contributed by atoms with Gasteiger partial charge in [-0.15, -0.1) is 0 Å². The zero-order valence-electron chi connectivity index (χ0n) is 12.8. The molecule has 0 amide bonds. The number of nitrogens with zero attached hydrogens (tertiary/aromatic N) is 2. The third-order valence-electron chi connectivity index (χ3n) is 4.56. The first-order valence-electron chi connectivity index (χ1n) is 7.71. The van der Waals surface area contributed by atoms with Gasteiger partial charge in [-0.3, -0.25) is 4.99 Å². The molecule has 0 atom stereocenters. The van der Waals surface area contributed by atoms with Crippen LogP contribution in [-0.4, -0.2) is 42.0 Å². The van der Waals surface area contributed by atoms with Gasteiger partial charge in [0.05, 0.1) is 12.1 Å². The van der Waals surface area contributed by atoms with Crippen molar-refractivity contribution < 1.29 is 13.2 Å². The molecule has 2 fully saturated rings. The quantitative estimate of drug-likeness (QED) is 0.677. The molecular formula is C16H20F3N3S. The normalized spacial score (nSPS) is 21.3. The molecule has 1 saturated heterocycles. The number of guanidine groups is 1. The maximum absolute atomic E-state index is 12.6. The molecule has 23 heavy (non-hydrogen) atoms. The van der Waals surface area contributed by atoms with E-state index >= 15 is 0 Å². The number of hydrogen-bond donors (Lipinski definition) is 1. The molecule has 1 saturated carbocycles. The number of thioether (sulfide) groups is 1. The predicted octanol–water partition coefficient (Wildman–Crippen LogP) is 3.10. The van der Waals surface area contributed by atoms with Crippen LogP contribution in [0.5, 0.6) is 0 Å². The number of alkyl halides is 3. The van der Waals surface area contributed by atoms with Crippen LogP contribution in [0.2, 0.25) is 0 Å². The summed E-state index contributed by atoms with van der Waals surface area (Å²) in [7, 11) is 0. The number of benzene rings is 1. The third kappa shape index (κ3) is 3.76. The Morgan fingerprint density at radius 2 is 1.78 bits per heavy atom. The number of rotatable bonds is 3. The van der Waals surface area contributed by atoms with Gasteiger partial charge in [0.2, 0.25) is 0 Å². The fraction of sp³-hybridized carbons (Fsp3) is 0.562. The summed E-state index contributed by atoms with van der Waals surface area (Å²) in [6.07, 6.45) is -2.39. The van der Waals surface area contributed by atoms with E-state index in [-0.39, 0.29) is 5.41 Å². The van der Waals surface area contributed by atoms with Crippen LogP contribution in [0.4, 0.5) is 13.2 Å². The fourth-order valence-corrected chi connectivity index (χ4v) is 3.73. The molecule has 1 aromatic rings. The molecule has 1 aromatic carbocycles. The lowest BCUT2D eigenvalue weighted by Crippen LogP contribution is -2.43. The molecule has 1 aliphatic heterocycles. The largest absolute Gasteiger partial charge is 0.416 e. The van der Waals surface area contributed by atoms with Crippen LogP contribution in [0.1, 0.15) is 24.0 Å². The van der Waals surface area contributed by atoms with Gasteiger partial charge < -0.3 is 10.6 Å². The molecule has 0 radical (unpaired) electrons. The van der Waals surface area contributed by atoms with Gasteiger partial charge in [-0.1, -0.05) is 12.1 Å². The van der Waals surface area contributed by atoms with Crippen LogP contribution in [0.25, 0.3) is 0 Å². The molecule has 0 aromatic heterocycles. The molecule has 1 heterocycles. The Kier molecular flexibility index (Phi) is 4.49. The summed E-state index contributed by atoms with van der Waals surface area (Å²) >= 11 is 1.91. The number of hydrogen-bond acceptors (Lipinski definition) is 2. The molecule has 3 nitrogen and oxygen atoms in total. The van der Waals surface area contributed by atoms with E-state index in [1.54, 1.807) is 12.1 Å². The summed E-state index contributed by atoms with van der Waals surface area (Å²) in [5, 5.41) is 0. The number of halogens is 3. The third-order valence-corrected chi connectivity index (χ3v) is 5.50. The van der Waals surface area contributed by atoms with Crippen molar-refractivity contribution in [2.24, 2.45) is 10.7 Å². The van der Waals surface area contributed by atoms with Crippen molar-refractivity contribution in [3.63, 3.8) is 0 Å². The lowest BCUT2D eigenvalue weighted by molar-refractivity contribution is -0.137. The summed E-state index contributed by atoms with van der Waals surface area (Å²) in [5.41, 5.74) is 6.26. The lowest BCUT2D eigenvalue weighted by Gasteiger charge is -2.27. The standard InChI is InChI=1S/C16H20F3N3S/c17-16(18,19)13-3-1-12(2-4-13)15(5-6-15)11-21-14(20)22-7-9-23-10-8-22/h1-4H,5-11H2,(H2,20,21). The Labute approximate surface area is 138 Å². The lowest BCUT2D eigenvalue weighted by atomic mass is 9.95. The number of aliphatic imine (C=N–C) groups is 1. The van der Waals surface area contributed by atoms with Gasteiger partial charge in [-0.05, 0) is 30.5 Å². The highest BCUT2D eigenvalue weighted by Crippen LogP contribution is 2.48. The molecule has 2 N–H and O–H groups in total. The van der Waals surface area contributed by atoms with Crippen molar-refractivity contribution in [2.45, 2.75) is 24.4 Å². The predicted molar refractivity (Wildman–Crippen MR) is 87.7 cm³/mol. The SMILES string of the molecule is NC(=NCC1(c2ccc(C(F)(F)F)cc2)CC1)N1CCSCC1. The van der Waals surface area contributed by atoms with Crippen LogP contribution in [0.15, 0.2) is 29.3 Å². The Bertz CT molecular complexity index is 573. The maximum Gasteiger partial charge on any atom is 0.416 e. The summed E-state index contributed by atoms with van der Waals surface area (Å²) in [6, 6.07) is 5.48. The minimum atomic E-state index is -4.29. The molecule has 7 heteroatoms. The van der Waals surface area contributed by atoms with Crippen LogP contribution in [0, 0.1) is 0 Å². The Hall–Kier alpha value is -1.37. The molecule has 126 valence electrons. The molecule has 1 aliphatic carbocycles. The number of nitrogens with two attached hydrogens (primary N) is 1. The van der Waals surface area contributed by atoms with Gasteiger partial charge in [0.25, 0.3) is 0 Å². The van der Waals surface area contributed by atoms with Crippen LogP contribution in [-0.2, 0) is 11.6 Å². The highest BCUT2D eigenvalue weighted by Gasteiger charge is 2.44. The van der Waals surface area contributed by atoms with E-state index in [2.05, 4.69) is 9.89 Å². The van der Waals surface area contributed by atoms with E-state index < -0.39 is 11.7 Å². The second kappa shape index (κ2) is 6.26. The monoisotopic (exact) mass is 343 g/mol. The van der Waals surface area contributed by atoms with Crippen LogP contribution in [0.3, 0.4) is 0 Å². The van der Waals surface area contributed by atoms with Crippen molar-refractivity contribution in [3.8, 4) is 0 Å². The molecular weight excluding hydrogens is 323 g/mol. The molecule has 0 unspecified atom stereocenters. The van der Waals surface area contributed by atoms with Gasteiger partial charge in [-0.2, -0.15) is 24.9 Å². The molecule has 0 spiro atoms. The summed E-state index contributed by atoms with van der Waals surface area (Å²) < 4.78 is 37.9. The van der Waals surface area contributed by atoms with E-state index in [4.69, 9.17) is 5.73 Å². The molecule has 2 aliphatic rings. The topological polar surface area (TPSA) is 41.6 Å². The first kappa shape index (κ1) is 16.5. The average Bonchev–Trinajstić information content (AvgIpc) is 3.34. The minimum Gasteiger partial charge on any atom is -0.370 e. The zero-order valence-corrected chi connectivity index (χ0v) is 13.6. The van der Waals surface area contributed by atoms with Gasteiger partial charge in [0.1, 0.15) is 0 Å². The molecule has 0 bridgehead atoms. The minimum absolute atomic E-state index is 0.126. The molecule has 3 rings (SSSR count). The van der Waals surface area contributed by atoms with Crippen LogP contribution < -0.4 is 5.73 Å². The summed E-state index contributed by atoms with van der Waals surface area (Å²) in [5.74, 6) is 2.67. The second-order valence-electron chi connectivity index (χ2n) is 6.13. The maximum atomic E-state index is 12.6. The van der Waals surface area contributed by atoms with Gasteiger partial charge >= 0.3 is 6.18 Å². The average molecular weight is 343 g/mol. The van der Waals surface area contributed by atoms with E-state index in [1.165, 1.54) is 0 Å². The van der Waals surface area contributed by atoms with Crippen LogP contribution >= 0.6 is 11.8 Å². The van der Waals surface area contributed by atoms with Crippen molar-refractivity contribution in [1.29, 1.82) is 0 Å². The van der Waals surface area contributed by atoms with Crippen molar-refractivity contribution >= 4 is 17.7 Å². The van der Waals surface area contributed by atoms with Crippen molar-refractivity contribution in [2.75, 3.05) is 31.1 Å². The van der Waals surface area contributed by atoms with Gasteiger partial charge in [0.15, 0.2) is 5.96 Å². The van der Waals surface area contributed by atoms with E-state index in [0.717, 1.165) is 55.1 Å².